The third kappa shape index (κ3) is 4.84. The van der Waals surface area contributed by atoms with Crippen molar-refractivity contribution >= 4 is 27.3 Å². The van der Waals surface area contributed by atoms with Crippen molar-refractivity contribution in [1.29, 1.82) is 0 Å². The molecule has 1 aliphatic carbocycles. The maximum Gasteiger partial charge on any atom is 0.243 e. The van der Waals surface area contributed by atoms with Crippen LogP contribution < -0.4 is 15.0 Å². The third-order valence-electron chi connectivity index (χ3n) is 7.36. The van der Waals surface area contributed by atoms with Gasteiger partial charge in [0.25, 0.3) is 0 Å². The van der Waals surface area contributed by atoms with Gasteiger partial charge in [-0.3, -0.25) is 9.78 Å². The molecule has 1 saturated carbocycles. The summed E-state index contributed by atoms with van der Waals surface area (Å²) in [6.07, 6.45) is 3.21. The van der Waals surface area contributed by atoms with E-state index in [-0.39, 0.29) is 41.6 Å². The second-order valence-corrected chi connectivity index (χ2v) is 11.6. The number of pyridine rings is 1. The number of piperidine rings is 1. The summed E-state index contributed by atoms with van der Waals surface area (Å²) < 4.78 is 53.4. The van der Waals surface area contributed by atoms with E-state index in [9.17, 15) is 17.6 Å². The van der Waals surface area contributed by atoms with Crippen LogP contribution in [0.25, 0.3) is 0 Å². The van der Waals surface area contributed by atoms with Crippen LogP contribution in [0.2, 0.25) is 0 Å². The number of amides is 1. The van der Waals surface area contributed by atoms with Crippen molar-refractivity contribution in [3.05, 3.63) is 72.8 Å². The average Bonchev–Trinajstić information content (AvgIpc) is 3.43. The van der Waals surface area contributed by atoms with Crippen LogP contribution in [-0.4, -0.2) is 63.0 Å². The number of fused-ring (bicyclic) bond motifs is 1. The minimum Gasteiger partial charge on any atom is -0.456 e. The summed E-state index contributed by atoms with van der Waals surface area (Å²) in [5, 5.41) is 2.81. The Morgan fingerprint density at radius 1 is 1.03 bits per heavy atom. The van der Waals surface area contributed by atoms with Gasteiger partial charge in [0.15, 0.2) is 0 Å². The molecule has 3 aliphatic rings. The Balaban J connectivity index is 1.04. The van der Waals surface area contributed by atoms with Crippen molar-refractivity contribution in [3.8, 4) is 11.5 Å². The summed E-state index contributed by atoms with van der Waals surface area (Å²) >= 11 is 0. The molecule has 2 aromatic carbocycles. The Kier molecular flexibility index (Phi) is 6.50. The molecule has 2 unspecified atom stereocenters. The number of morpholine rings is 1. The number of ether oxygens (including phenoxy) is 2. The van der Waals surface area contributed by atoms with Gasteiger partial charge in [0.1, 0.15) is 17.3 Å². The predicted octanol–water partition coefficient (Wildman–Crippen LogP) is 3.35. The van der Waals surface area contributed by atoms with E-state index in [1.807, 2.05) is 4.90 Å². The highest BCUT2D eigenvalue weighted by molar-refractivity contribution is 7.89. The van der Waals surface area contributed by atoms with Gasteiger partial charge in [-0.25, -0.2) is 12.8 Å². The second-order valence-electron chi connectivity index (χ2n) is 9.69. The number of anilines is 2. The lowest BCUT2D eigenvalue weighted by molar-refractivity contribution is -0.118. The van der Waals surface area contributed by atoms with Gasteiger partial charge in [-0.2, -0.15) is 4.31 Å². The molecular weight excluding hydrogens is 511 g/mol. The van der Waals surface area contributed by atoms with Crippen LogP contribution in [0.5, 0.6) is 11.5 Å². The van der Waals surface area contributed by atoms with E-state index in [0.717, 1.165) is 0 Å². The highest BCUT2D eigenvalue weighted by Gasteiger charge is 2.61. The molecule has 0 spiro atoms. The average molecular weight is 539 g/mol. The quantitative estimate of drug-likeness (QED) is 0.492. The summed E-state index contributed by atoms with van der Waals surface area (Å²) in [7, 11) is -3.69. The van der Waals surface area contributed by atoms with E-state index in [0.29, 0.717) is 49.2 Å². The van der Waals surface area contributed by atoms with Crippen LogP contribution in [0.3, 0.4) is 0 Å². The van der Waals surface area contributed by atoms with Crippen molar-refractivity contribution in [1.82, 2.24) is 9.29 Å². The molecule has 198 valence electrons. The van der Waals surface area contributed by atoms with Gasteiger partial charge in [-0.1, -0.05) is 0 Å². The normalized spacial score (nSPS) is 23.1. The third-order valence-corrected chi connectivity index (χ3v) is 9.21. The maximum atomic E-state index is 14.7. The summed E-state index contributed by atoms with van der Waals surface area (Å²) in [5.74, 6) is 0.0991. The highest BCUT2D eigenvalue weighted by Crippen LogP contribution is 2.53. The summed E-state index contributed by atoms with van der Waals surface area (Å²) in [5.41, 5.74) is 0.889. The zero-order chi connectivity index (χ0) is 26.3. The zero-order valence-corrected chi connectivity index (χ0v) is 21.3. The number of nitrogens with zero attached hydrogens (tertiary/aromatic N) is 3. The molecule has 1 aromatic heterocycles. The van der Waals surface area contributed by atoms with Gasteiger partial charge in [0.2, 0.25) is 15.9 Å². The topological polar surface area (TPSA) is 101 Å². The first-order chi connectivity index (χ1) is 18.4. The van der Waals surface area contributed by atoms with Crippen molar-refractivity contribution in [2.75, 3.05) is 49.6 Å². The summed E-state index contributed by atoms with van der Waals surface area (Å²) in [6.45, 7) is 2.92. The Labute approximate surface area is 220 Å². The largest absolute Gasteiger partial charge is 0.456 e. The maximum absolute atomic E-state index is 14.7. The molecule has 1 amide bonds. The molecule has 3 fully saturated rings. The SMILES string of the molecule is O=C(Nc1ccc(N2CCOCC2)c(F)c1)C1C2CN(S(=O)(=O)c3ccc(Oc4cccnc4)cc3)CC21. The number of sulfonamides is 1. The first kappa shape index (κ1) is 24.8. The predicted molar refractivity (Wildman–Crippen MR) is 138 cm³/mol. The molecular formula is C27H27FN4O5S. The number of halogens is 1. The van der Waals surface area contributed by atoms with Gasteiger partial charge < -0.3 is 19.7 Å². The Morgan fingerprint density at radius 2 is 1.76 bits per heavy atom. The van der Waals surface area contributed by atoms with Gasteiger partial charge >= 0.3 is 0 Å². The van der Waals surface area contributed by atoms with E-state index in [1.54, 1.807) is 48.8 Å². The molecule has 2 aliphatic heterocycles. The molecule has 9 nitrogen and oxygen atoms in total. The van der Waals surface area contributed by atoms with Crippen LogP contribution in [0.4, 0.5) is 15.8 Å². The zero-order valence-electron chi connectivity index (χ0n) is 20.5. The van der Waals surface area contributed by atoms with Crippen molar-refractivity contribution in [3.63, 3.8) is 0 Å². The van der Waals surface area contributed by atoms with Gasteiger partial charge in [-0.05, 0) is 66.4 Å². The fourth-order valence-electron chi connectivity index (χ4n) is 5.32. The van der Waals surface area contributed by atoms with Crippen LogP contribution >= 0.6 is 0 Å². The van der Waals surface area contributed by atoms with Gasteiger partial charge in [0.05, 0.1) is 30.0 Å². The monoisotopic (exact) mass is 538 g/mol. The Hall–Kier alpha value is -3.54. The number of carbonyl (C=O) groups excluding carboxylic acids is 1. The molecule has 0 radical (unpaired) electrons. The van der Waals surface area contributed by atoms with Crippen molar-refractivity contribution < 1.29 is 27.1 Å². The first-order valence-electron chi connectivity index (χ1n) is 12.5. The number of hydrogen-bond acceptors (Lipinski definition) is 7. The molecule has 3 aromatic rings. The molecule has 6 rings (SSSR count). The van der Waals surface area contributed by atoms with Gasteiger partial charge in [-0.15, -0.1) is 0 Å². The van der Waals surface area contributed by atoms with E-state index >= 15 is 0 Å². The van der Waals surface area contributed by atoms with Crippen LogP contribution in [0.1, 0.15) is 0 Å². The van der Waals surface area contributed by atoms with Gasteiger partial charge in [0, 0.05) is 44.0 Å². The lowest BCUT2D eigenvalue weighted by Crippen LogP contribution is -2.36. The fourth-order valence-corrected chi connectivity index (χ4v) is 6.83. The Morgan fingerprint density at radius 3 is 2.42 bits per heavy atom. The summed E-state index contributed by atoms with van der Waals surface area (Å²) in [4.78, 5) is 18.9. The number of benzene rings is 2. The van der Waals surface area contributed by atoms with Crippen LogP contribution in [-0.2, 0) is 19.6 Å². The van der Waals surface area contributed by atoms with Crippen molar-refractivity contribution in [2.45, 2.75) is 4.90 Å². The molecule has 11 heteroatoms. The first-order valence-corrected chi connectivity index (χ1v) is 14.0. The van der Waals surface area contributed by atoms with E-state index < -0.39 is 15.8 Å². The lowest BCUT2D eigenvalue weighted by atomic mass is 10.2. The molecule has 38 heavy (non-hydrogen) atoms. The lowest BCUT2D eigenvalue weighted by Gasteiger charge is -2.29. The van der Waals surface area contributed by atoms with E-state index in [2.05, 4.69) is 10.3 Å². The molecule has 2 saturated heterocycles. The number of rotatable bonds is 7. The number of hydrogen-bond donors (Lipinski definition) is 1. The Bertz CT molecular complexity index is 1420. The van der Waals surface area contributed by atoms with Crippen molar-refractivity contribution in [2.24, 2.45) is 17.8 Å². The second kappa shape index (κ2) is 9.97. The molecule has 2 atom stereocenters. The van der Waals surface area contributed by atoms with Crippen LogP contribution in [0.15, 0.2) is 71.9 Å². The van der Waals surface area contributed by atoms with Crippen LogP contribution in [0, 0.1) is 23.6 Å². The minimum atomic E-state index is -3.69. The van der Waals surface area contributed by atoms with E-state index in [4.69, 9.17) is 9.47 Å². The highest BCUT2D eigenvalue weighted by atomic mass is 32.2. The number of nitrogens with one attached hydrogen (secondary N) is 1. The standard InChI is InChI=1S/C27H27FN4O5S/c28-24-14-18(3-8-25(24)31-10-12-36-13-11-31)30-27(33)26-22-16-32(17-23(22)26)38(34,35)21-6-4-19(5-7-21)37-20-2-1-9-29-15-20/h1-9,14-15,22-23,26H,10-13,16-17H2,(H,30,33). The fraction of sp³-hybridized carbons (Fsp3) is 0.333. The number of aromatic nitrogens is 1. The number of carbonyl (C=O) groups is 1. The van der Waals surface area contributed by atoms with E-state index in [1.165, 1.54) is 22.5 Å². The smallest absolute Gasteiger partial charge is 0.243 e. The molecule has 1 N–H and O–H groups in total. The summed E-state index contributed by atoms with van der Waals surface area (Å²) in [6, 6.07) is 14.5. The molecule has 3 heterocycles. The minimum absolute atomic E-state index is 0.0459. The molecule has 0 bridgehead atoms.